The summed E-state index contributed by atoms with van der Waals surface area (Å²) in [5.74, 6) is 4.93. The Balaban J connectivity index is 0.000000147. The third-order valence-electron chi connectivity index (χ3n) is 12.8. The van der Waals surface area contributed by atoms with Crippen molar-refractivity contribution < 1.29 is 0 Å². The largest absolute Gasteiger partial charge is 0.397 e. The van der Waals surface area contributed by atoms with Crippen molar-refractivity contribution >= 4 is 33.6 Å². The van der Waals surface area contributed by atoms with E-state index in [1.807, 2.05) is 32.1 Å². The lowest BCUT2D eigenvalue weighted by Gasteiger charge is -2.08. The van der Waals surface area contributed by atoms with Gasteiger partial charge < -0.3 is 24.7 Å². The van der Waals surface area contributed by atoms with Gasteiger partial charge in [0, 0.05) is 40.4 Å². The number of aromatic nitrogens is 8. The number of hydrogen-bond acceptors (Lipinski definition) is 6. The minimum absolute atomic E-state index is 0.815. The zero-order valence-corrected chi connectivity index (χ0v) is 38.9. The summed E-state index contributed by atoms with van der Waals surface area (Å²) >= 11 is 0. The second kappa shape index (κ2) is 16.0. The van der Waals surface area contributed by atoms with Gasteiger partial charge in [0.1, 0.15) is 29.1 Å². The van der Waals surface area contributed by atoms with Crippen molar-refractivity contribution in [3.63, 3.8) is 0 Å². The second-order valence-corrected chi connectivity index (χ2v) is 16.4. The molecule has 8 heterocycles. The Morgan fingerprint density at radius 1 is 0.379 bits per heavy atom. The first-order valence-electron chi connectivity index (χ1n) is 20.2. The summed E-state index contributed by atoms with van der Waals surface area (Å²) < 4.78 is 8.62. The lowest BCUT2D eigenvalue weighted by molar-refractivity contribution is 0.920. The van der Waals surface area contributed by atoms with Crippen molar-refractivity contribution in [2.45, 2.75) is 138 Å². The second-order valence-electron chi connectivity index (χ2n) is 16.4. The van der Waals surface area contributed by atoms with Crippen LogP contribution in [-0.2, 0) is 0 Å². The van der Waals surface area contributed by atoms with Gasteiger partial charge in [-0.05, 0) is 200 Å². The molecule has 0 aliphatic rings. The van der Waals surface area contributed by atoms with Gasteiger partial charge in [0.15, 0.2) is 0 Å². The van der Waals surface area contributed by atoms with E-state index in [0.717, 1.165) is 74.2 Å². The number of nitrogen functional groups attached to an aromatic ring is 2. The number of rotatable bonds is 0. The summed E-state index contributed by atoms with van der Waals surface area (Å²) in [6.45, 7) is 41.7. The molecule has 10 nitrogen and oxygen atoms in total. The summed E-state index contributed by atoms with van der Waals surface area (Å²) in [6.07, 6.45) is 2.17. The number of aryl methyl sites for hydroxylation is 18. The maximum absolute atomic E-state index is 6.13. The van der Waals surface area contributed by atoms with Gasteiger partial charge in [-0.3, -0.25) is 4.40 Å². The summed E-state index contributed by atoms with van der Waals surface area (Å²) in [6, 6.07) is 2.24. The zero-order valence-electron chi connectivity index (χ0n) is 38.9. The lowest BCUT2D eigenvalue weighted by Crippen LogP contribution is -2.03. The molecule has 0 aliphatic carbocycles. The molecular weight excluding hydrogens is 717 g/mol. The highest BCUT2D eigenvalue weighted by molar-refractivity contribution is 5.80. The fraction of sp³-hybridized carbons (Fsp3) is 0.417. The predicted octanol–water partition coefficient (Wildman–Crippen LogP) is 10.7. The number of nitrogens with two attached hydrogens (primary N) is 2. The maximum atomic E-state index is 6.13. The van der Waals surface area contributed by atoms with E-state index < -0.39 is 0 Å². The Morgan fingerprint density at radius 2 is 0.828 bits per heavy atom. The average molecular weight is 783 g/mol. The highest BCUT2D eigenvalue weighted by Gasteiger charge is 2.17. The Morgan fingerprint density at radius 3 is 1.38 bits per heavy atom. The van der Waals surface area contributed by atoms with Crippen LogP contribution in [0.3, 0.4) is 0 Å². The fourth-order valence-electron chi connectivity index (χ4n) is 8.29. The van der Waals surface area contributed by atoms with Crippen LogP contribution in [0.1, 0.15) is 113 Å². The smallest absolute Gasteiger partial charge is 0.112 e. The van der Waals surface area contributed by atoms with Gasteiger partial charge in [-0.25, -0.2) is 19.9 Å². The molecule has 0 spiro atoms. The normalized spacial score (nSPS) is 11.2. The van der Waals surface area contributed by atoms with E-state index in [1.165, 1.54) is 72.4 Å². The van der Waals surface area contributed by atoms with Gasteiger partial charge in [-0.1, -0.05) is 0 Å². The summed E-state index contributed by atoms with van der Waals surface area (Å²) in [5, 5.41) is 0. The SMILES string of the molecule is Cc1cc2c(C)c(C)nc(C)n2c1C.Cc1cn2c(C)nc(C)c(C)c2c1C.Cc1nc(C)n2c(C)c(C)c(N)c2c1C.Cc1nc(C)n2c(N)c(C)c(C)c2c1C. The predicted molar refractivity (Wildman–Crippen MR) is 244 cm³/mol. The van der Waals surface area contributed by atoms with Crippen molar-refractivity contribution in [1.82, 2.24) is 37.5 Å². The van der Waals surface area contributed by atoms with E-state index in [9.17, 15) is 0 Å². The van der Waals surface area contributed by atoms with Crippen LogP contribution in [0.2, 0.25) is 0 Å². The first kappa shape index (κ1) is 43.5. The molecule has 0 atom stereocenters. The molecule has 8 aromatic rings. The minimum Gasteiger partial charge on any atom is -0.397 e. The number of nitrogens with zero attached hydrogens (tertiary/aromatic N) is 8. The van der Waals surface area contributed by atoms with E-state index in [-0.39, 0.29) is 0 Å². The van der Waals surface area contributed by atoms with E-state index in [1.54, 1.807) is 0 Å². The molecule has 0 aromatic carbocycles. The van der Waals surface area contributed by atoms with Crippen LogP contribution in [0.4, 0.5) is 11.5 Å². The third kappa shape index (κ3) is 7.22. The van der Waals surface area contributed by atoms with E-state index in [2.05, 4.69) is 156 Å². The standard InChI is InChI=1S/2C12H17N3.2C12H16N2/c1-6-8(3)14-10(5)15-9(4)7(2)11(13)12(6)15;1-6-7(2)12(13)15-10(5)14-9(4)8(3)11(6)15;1-7-6-12-8(2)9(3)13-11(5)14(12)10(7)4;1-7-6-14-11(5)13-10(4)9(3)12(14)8(7)2/h2*13H2,1-5H3;2*6H,1-5H3. The molecule has 0 unspecified atom stereocenters. The molecule has 0 aliphatic heterocycles. The molecule has 4 N–H and O–H groups in total. The van der Waals surface area contributed by atoms with Gasteiger partial charge in [0.05, 0.1) is 27.8 Å². The van der Waals surface area contributed by atoms with Crippen LogP contribution < -0.4 is 11.5 Å². The molecule has 308 valence electrons. The molecule has 0 saturated heterocycles. The van der Waals surface area contributed by atoms with E-state index in [0.29, 0.717) is 0 Å². The molecular formula is C48H66N10. The van der Waals surface area contributed by atoms with E-state index in [4.69, 9.17) is 11.5 Å². The van der Waals surface area contributed by atoms with Crippen molar-refractivity contribution in [3.8, 4) is 0 Å². The van der Waals surface area contributed by atoms with Gasteiger partial charge in [-0.15, -0.1) is 0 Å². The van der Waals surface area contributed by atoms with Crippen molar-refractivity contribution in [3.05, 3.63) is 125 Å². The first-order chi connectivity index (χ1) is 26.9. The van der Waals surface area contributed by atoms with Crippen LogP contribution in [0, 0.1) is 138 Å². The summed E-state index contributed by atoms with van der Waals surface area (Å²) in [4.78, 5) is 18.1. The zero-order chi connectivity index (χ0) is 43.6. The van der Waals surface area contributed by atoms with Gasteiger partial charge in [0.2, 0.25) is 0 Å². The molecule has 10 heteroatoms. The molecule has 0 radical (unpaired) electrons. The maximum Gasteiger partial charge on any atom is 0.112 e. The van der Waals surface area contributed by atoms with Crippen LogP contribution in [0.5, 0.6) is 0 Å². The number of anilines is 2. The summed E-state index contributed by atoms with van der Waals surface area (Å²) in [5.41, 5.74) is 37.6. The Kier molecular flexibility index (Phi) is 12.0. The van der Waals surface area contributed by atoms with E-state index >= 15 is 0 Å². The molecule has 0 bridgehead atoms. The molecule has 0 fully saturated rings. The first-order valence-corrected chi connectivity index (χ1v) is 20.2. The topological polar surface area (TPSA) is 121 Å². The molecule has 8 aromatic heterocycles. The summed E-state index contributed by atoms with van der Waals surface area (Å²) in [7, 11) is 0. The van der Waals surface area contributed by atoms with Crippen LogP contribution >= 0.6 is 0 Å². The van der Waals surface area contributed by atoms with Crippen LogP contribution in [0.25, 0.3) is 22.1 Å². The van der Waals surface area contributed by atoms with Crippen LogP contribution in [-0.4, -0.2) is 37.5 Å². The highest BCUT2D eigenvalue weighted by Crippen LogP contribution is 2.30. The Hall–Kier alpha value is -5.64. The molecule has 0 amide bonds. The molecule has 0 saturated carbocycles. The van der Waals surface area contributed by atoms with Crippen LogP contribution in [0.15, 0.2) is 12.3 Å². The van der Waals surface area contributed by atoms with Gasteiger partial charge in [-0.2, -0.15) is 0 Å². The number of fused-ring (bicyclic) bond motifs is 4. The minimum atomic E-state index is 0.815. The Labute approximate surface area is 345 Å². The monoisotopic (exact) mass is 783 g/mol. The highest BCUT2D eigenvalue weighted by atomic mass is 15.1. The quantitative estimate of drug-likeness (QED) is 0.158. The van der Waals surface area contributed by atoms with Crippen molar-refractivity contribution in [2.75, 3.05) is 11.5 Å². The average Bonchev–Trinajstić information content (AvgIpc) is 3.80. The van der Waals surface area contributed by atoms with Gasteiger partial charge in [0.25, 0.3) is 0 Å². The van der Waals surface area contributed by atoms with Gasteiger partial charge >= 0.3 is 0 Å². The molecule has 8 rings (SSSR count). The van der Waals surface area contributed by atoms with Crippen molar-refractivity contribution in [1.29, 1.82) is 0 Å². The Bertz CT molecular complexity index is 2800. The van der Waals surface area contributed by atoms with Crippen molar-refractivity contribution in [2.24, 2.45) is 0 Å². The molecule has 58 heavy (non-hydrogen) atoms. The third-order valence-corrected chi connectivity index (χ3v) is 12.8. The number of hydrogen-bond donors (Lipinski definition) is 2. The lowest BCUT2D eigenvalue weighted by atomic mass is 10.1. The fourth-order valence-corrected chi connectivity index (χ4v) is 8.29.